The van der Waals surface area contributed by atoms with Crippen LogP contribution in [0.5, 0.6) is 0 Å². The van der Waals surface area contributed by atoms with Crippen LogP contribution in [0.15, 0.2) is 30.6 Å². The third-order valence-electron chi connectivity index (χ3n) is 3.20. The lowest BCUT2D eigenvalue weighted by atomic mass is 10.3. The van der Waals surface area contributed by atoms with Gasteiger partial charge in [-0.3, -0.25) is 4.68 Å². The molecule has 0 radical (unpaired) electrons. The normalized spacial score (nSPS) is 11.6. The van der Waals surface area contributed by atoms with Crippen LogP contribution in [0.4, 0.5) is 5.69 Å². The van der Waals surface area contributed by atoms with Crippen LogP contribution in [0.2, 0.25) is 5.02 Å². The molecule has 6 heteroatoms. The maximum Gasteiger partial charge on any atom is 0.131 e. The van der Waals surface area contributed by atoms with Crippen LogP contribution in [-0.2, 0) is 6.54 Å². The van der Waals surface area contributed by atoms with Gasteiger partial charge in [-0.15, -0.1) is 0 Å². The maximum absolute atomic E-state index is 6.09. The predicted molar refractivity (Wildman–Crippen MR) is 80.9 cm³/mol. The summed E-state index contributed by atoms with van der Waals surface area (Å²) in [5.74, 6) is 0.945. The van der Waals surface area contributed by atoms with Gasteiger partial charge in [0.05, 0.1) is 29.5 Å². The van der Waals surface area contributed by atoms with E-state index in [2.05, 4.69) is 28.5 Å². The van der Waals surface area contributed by atoms with E-state index < -0.39 is 0 Å². The molecule has 0 saturated heterocycles. The van der Waals surface area contributed by atoms with Gasteiger partial charge in [0.1, 0.15) is 5.82 Å². The highest BCUT2D eigenvalue weighted by molar-refractivity contribution is 6.31. The number of hydrogen-bond acceptors (Lipinski definition) is 3. The van der Waals surface area contributed by atoms with Gasteiger partial charge in [0, 0.05) is 17.3 Å². The van der Waals surface area contributed by atoms with Crippen molar-refractivity contribution < 1.29 is 0 Å². The minimum atomic E-state index is 0.293. The Balaban J connectivity index is 2.11. The predicted octanol–water partition coefficient (Wildman–Crippen LogP) is 3.10. The first-order valence-corrected chi connectivity index (χ1v) is 6.86. The monoisotopic (exact) mass is 289 g/mol. The van der Waals surface area contributed by atoms with Crippen molar-refractivity contribution in [3.63, 3.8) is 0 Å². The Kier molecular flexibility index (Phi) is 3.14. The second-order valence-corrected chi connectivity index (χ2v) is 5.53. The van der Waals surface area contributed by atoms with Crippen LogP contribution in [0.25, 0.3) is 11.0 Å². The van der Waals surface area contributed by atoms with E-state index in [1.54, 1.807) is 17.1 Å². The molecular weight excluding hydrogens is 274 g/mol. The van der Waals surface area contributed by atoms with Gasteiger partial charge in [-0.25, -0.2) is 4.98 Å². The van der Waals surface area contributed by atoms with E-state index >= 15 is 0 Å². The number of benzene rings is 1. The van der Waals surface area contributed by atoms with Gasteiger partial charge in [-0.2, -0.15) is 5.10 Å². The first-order valence-electron chi connectivity index (χ1n) is 6.49. The minimum absolute atomic E-state index is 0.293. The van der Waals surface area contributed by atoms with Gasteiger partial charge < -0.3 is 10.3 Å². The highest BCUT2D eigenvalue weighted by atomic mass is 35.5. The zero-order valence-electron chi connectivity index (χ0n) is 11.4. The molecule has 0 saturated carbocycles. The molecule has 0 atom stereocenters. The smallest absolute Gasteiger partial charge is 0.131 e. The van der Waals surface area contributed by atoms with E-state index in [4.69, 9.17) is 17.3 Å². The van der Waals surface area contributed by atoms with Crippen LogP contribution >= 0.6 is 11.6 Å². The Hall–Kier alpha value is -2.01. The molecule has 0 spiro atoms. The van der Waals surface area contributed by atoms with Crippen molar-refractivity contribution in [3.05, 3.63) is 41.4 Å². The summed E-state index contributed by atoms with van der Waals surface area (Å²) in [5, 5.41) is 4.93. The number of imidazole rings is 1. The molecule has 2 N–H and O–H groups in total. The molecule has 0 unspecified atom stereocenters. The Labute approximate surface area is 122 Å². The molecule has 2 aromatic heterocycles. The largest absolute Gasteiger partial charge is 0.396 e. The molecule has 5 nitrogen and oxygen atoms in total. The molecule has 0 amide bonds. The Morgan fingerprint density at radius 1 is 1.35 bits per heavy atom. The first kappa shape index (κ1) is 13.0. The summed E-state index contributed by atoms with van der Waals surface area (Å²) >= 11 is 6.09. The van der Waals surface area contributed by atoms with Crippen molar-refractivity contribution in [2.24, 2.45) is 0 Å². The molecule has 0 aliphatic rings. The van der Waals surface area contributed by atoms with Crippen molar-refractivity contribution >= 4 is 28.3 Å². The Morgan fingerprint density at radius 3 is 2.80 bits per heavy atom. The topological polar surface area (TPSA) is 61.7 Å². The van der Waals surface area contributed by atoms with Gasteiger partial charge in [-0.1, -0.05) is 11.6 Å². The van der Waals surface area contributed by atoms with E-state index in [-0.39, 0.29) is 0 Å². The van der Waals surface area contributed by atoms with Crippen LogP contribution < -0.4 is 5.73 Å². The van der Waals surface area contributed by atoms with Crippen molar-refractivity contribution in [1.29, 1.82) is 0 Å². The van der Waals surface area contributed by atoms with Crippen molar-refractivity contribution in [3.8, 4) is 0 Å². The molecule has 0 aliphatic carbocycles. The highest BCUT2D eigenvalue weighted by Gasteiger charge is 2.14. The summed E-state index contributed by atoms with van der Waals surface area (Å²) in [4.78, 5) is 4.68. The second-order valence-electron chi connectivity index (χ2n) is 5.10. The molecule has 1 aromatic carbocycles. The standard InChI is InChI=1S/C14H16ClN5/c1-9(2)20-13-5-10(15)3-4-12(13)18-14(20)8-19-7-11(16)6-17-19/h3-7,9H,8,16H2,1-2H3. The third-order valence-corrected chi connectivity index (χ3v) is 3.43. The molecule has 0 fully saturated rings. The van der Waals surface area contributed by atoms with Gasteiger partial charge in [0.2, 0.25) is 0 Å². The fourth-order valence-electron chi connectivity index (χ4n) is 2.41. The number of anilines is 1. The summed E-state index contributed by atoms with van der Waals surface area (Å²) in [6.07, 6.45) is 3.44. The molecule has 20 heavy (non-hydrogen) atoms. The number of nitrogens with two attached hydrogens (primary N) is 1. The molecule has 0 bridgehead atoms. The number of nitrogens with zero attached hydrogens (tertiary/aromatic N) is 4. The lowest BCUT2D eigenvalue weighted by Gasteiger charge is -2.13. The van der Waals surface area contributed by atoms with E-state index in [1.807, 2.05) is 18.2 Å². The summed E-state index contributed by atoms with van der Waals surface area (Å²) in [5.41, 5.74) is 8.34. The van der Waals surface area contributed by atoms with Crippen LogP contribution in [0, 0.1) is 0 Å². The van der Waals surface area contributed by atoms with Crippen molar-refractivity contribution in [2.75, 3.05) is 5.73 Å². The number of nitrogen functional groups attached to an aromatic ring is 1. The molecule has 3 rings (SSSR count). The lowest BCUT2D eigenvalue weighted by Crippen LogP contribution is -2.11. The number of fused-ring (bicyclic) bond motifs is 1. The Bertz CT molecular complexity index is 756. The van der Waals surface area contributed by atoms with Gasteiger partial charge in [0.25, 0.3) is 0 Å². The van der Waals surface area contributed by atoms with Gasteiger partial charge in [0.15, 0.2) is 0 Å². The number of aromatic nitrogens is 4. The quantitative estimate of drug-likeness (QED) is 0.806. The summed E-state index contributed by atoms with van der Waals surface area (Å²) < 4.78 is 3.97. The Morgan fingerprint density at radius 2 is 2.15 bits per heavy atom. The molecule has 104 valence electrons. The third kappa shape index (κ3) is 2.25. The average Bonchev–Trinajstić information content (AvgIpc) is 2.92. The van der Waals surface area contributed by atoms with Crippen LogP contribution in [0.1, 0.15) is 25.7 Å². The zero-order valence-corrected chi connectivity index (χ0v) is 12.2. The number of hydrogen-bond donors (Lipinski definition) is 1. The van der Waals surface area contributed by atoms with Gasteiger partial charge >= 0.3 is 0 Å². The number of halogens is 1. The fraction of sp³-hybridized carbons (Fsp3) is 0.286. The molecule has 2 heterocycles. The van der Waals surface area contributed by atoms with E-state index in [1.165, 1.54) is 0 Å². The summed E-state index contributed by atoms with van der Waals surface area (Å²) in [6.45, 7) is 4.84. The van der Waals surface area contributed by atoms with Crippen LogP contribution in [-0.4, -0.2) is 19.3 Å². The maximum atomic E-state index is 6.09. The fourth-order valence-corrected chi connectivity index (χ4v) is 2.58. The zero-order chi connectivity index (χ0) is 14.3. The minimum Gasteiger partial charge on any atom is -0.396 e. The second kappa shape index (κ2) is 4.83. The van der Waals surface area contributed by atoms with Crippen LogP contribution in [0.3, 0.4) is 0 Å². The summed E-state index contributed by atoms with van der Waals surface area (Å²) in [6, 6.07) is 6.04. The lowest BCUT2D eigenvalue weighted by molar-refractivity contribution is 0.551. The highest BCUT2D eigenvalue weighted by Crippen LogP contribution is 2.24. The molecule has 0 aliphatic heterocycles. The SMILES string of the molecule is CC(C)n1c(Cn2cc(N)cn2)nc2ccc(Cl)cc21. The van der Waals surface area contributed by atoms with Crippen molar-refractivity contribution in [1.82, 2.24) is 19.3 Å². The molecular formula is C14H16ClN5. The number of rotatable bonds is 3. The van der Waals surface area contributed by atoms with Crippen molar-refractivity contribution in [2.45, 2.75) is 26.4 Å². The van der Waals surface area contributed by atoms with E-state index in [0.29, 0.717) is 23.3 Å². The molecule has 3 aromatic rings. The summed E-state index contributed by atoms with van der Waals surface area (Å²) in [7, 11) is 0. The average molecular weight is 290 g/mol. The first-order chi connectivity index (χ1) is 9.54. The van der Waals surface area contributed by atoms with Gasteiger partial charge in [-0.05, 0) is 32.0 Å². The van der Waals surface area contributed by atoms with E-state index in [9.17, 15) is 0 Å². The van der Waals surface area contributed by atoms with E-state index in [0.717, 1.165) is 16.9 Å².